The Balaban J connectivity index is 2.94. The lowest BCUT2D eigenvalue weighted by molar-refractivity contribution is -0.178. The summed E-state index contributed by atoms with van der Waals surface area (Å²) in [5.74, 6) is -1.81. The minimum Gasteiger partial charge on any atom is -0.170 e. The Morgan fingerprint density at radius 3 is 1.57 bits per heavy atom. The van der Waals surface area contributed by atoms with Crippen LogP contribution in [0.15, 0.2) is 24.3 Å². The third-order valence-electron chi connectivity index (χ3n) is 2.51. The molecule has 1 rings (SSSR count). The van der Waals surface area contributed by atoms with Crippen LogP contribution in [0.1, 0.15) is 20.8 Å². The molecule has 2 atom stereocenters. The molecule has 0 amide bonds. The van der Waals surface area contributed by atoms with Gasteiger partial charge in [-0.05, 0) is 11.3 Å². The first-order valence-electron chi connectivity index (χ1n) is 4.64. The summed E-state index contributed by atoms with van der Waals surface area (Å²) in [4.78, 5) is 0. The van der Waals surface area contributed by atoms with Crippen LogP contribution in [-0.2, 0) is 0 Å². The fourth-order valence-electron chi connectivity index (χ4n) is 1.75. The number of hydrogen-bond acceptors (Lipinski definition) is 0. The SMILES string of the molecule is CC(C)(C)C1C=CC=CC1C(F)(F)F. The zero-order valence-electron chi connectivity index (χ0n) is 8.60. The van der Waals surface area contributed by atoms with E-state index < -0.39 is 18.0 Å². The number of hydrogen-bond donors (Lipinski definition) is 0. The molecule has 0 bridgehead atoms. The Kier molecular flexibility index (Phi) is 2.79. The molecule has 0 aliphatic heterocycles. The maximum absolute atomic E-state index is 12.6. The summed E-state index contributed by atoms with van der Waals surface area (Å²) in [7, 11) is 0. The summed E-state index contributed by atoms with van der Waals surface area (Å²) in [5.41, 5.74) is -0.360. The Hall–Kier alpha value is -0.730. The average Bonchev–Trinajstić information content (AvgIpc) is 2.01. The molecular formula is C11H15F3. The molecule has 0 spiro atoms. The Labute approximate surface area is 82.5 Å². The molecule has 0 aromatic rings. The van der Waals surface area contributed by atoms with E-state index >= 15 is 0 Å². The van der Waals surface area contributed by atoms with Crippen molar-refractivity contribution in [2.75, 3.05) is 0 Å². The number of rotatable bonds is 0. The van der Waals surface area contributed by atoms with Crippen molar-refractivity contribution < 1.29 is 13.2 Å². The van der Waals surface area contributed by atoms with Crippen LogP contribution >= 0.6 is 0 Å². The standard InChI is InChI=1S/C11H15F3/c1-10(2,3)8-6-4-5-7-9(8)11(12,13)14/h4-9H,1-3H3. The largest absolute Gasteiger partial charge is 0.395 e. The lowest BCUT2D eigenvalue weighted by Gasteiger charge is -2.36. The van der Waals surface area contributed by atoms with Crippen molar-refractivity contribution in [2.45, 2.75) is 26.9 Å². The molecule has 0 N–H and O–H groups in total. The maximum atomic E-state index is 12.6. The van der Waals surface area contributed by atoms with Crippen LogP contribution in [0.5, 0.6) is 0 Å². The quantitative estimate of drug-likeness (QED) is 0.560. The molecule has 0 heterocycles. The molecule has 0 fully saturated rings. The van der Waals surface area contributed by atoms with Crippen molar-refractivity contribution in [2.24, 2.45) is 17.3 Å². The summed E-state index contributed by atoms with van der Waals surface area (Å²) in [6, 6.07) is 0. The van der Waals surface area contributed by atoms with Crippen molar-refractivity contribution in [3.05, 3.63) is 24.3 Å². The molecule has 0 aromatic carbocycles. The van der Waals surface area contributed by atoms with Gasteiger partial charge in [-0.3, -0.25) is 0 Å². The van der Waals surface area contributed by atoms with Gasteiger partial charge in [0.05, 0.1) is 5.92 Å². The molecule has 0 radical (unpaired) electrons. The van der Waals surface area contributed by atoms with Gasteiger partial charge in [-0.15, -0.1) is 0 Å². The second kappa shape index (κ2) is 3.44. The predicted molar refractivity (Wildman–Crippen MR) is 50.8 cm³/mol. The van der Waals surface area contributed by atoms with E-state index in [9.17, 15) is 13.2 Å². The highest BCUT2D eigenvalue weighted by Crippen LogP contribution is 2.43. The molecule has 14 heavy (non-hydrogen) atoms. The third kappa shape index (κ3) is 2.40. The predicted octanol–water partition coefficient (Wildman–Crippen LogP) is 3.95. The Morgan fingerprint density at radius 1 is 0.857 bits per heavy atom. The molecule has 0 nitrogen and oxygen atoms in total. The molecular weight excluding hydrogens is 189 g/mol. The van der Waals surface area contributed by atoms with Gasteiger partial charge in [0.1, 0.15) is 0 Å². The first kappa shape index (κ1) is 11.3. The van der Waals surface area contributed by atoms with E-state index in [1.54, 1.807) is 12.2 Å². The summed E-state index contributed by atoms with van der Waals surface area (Å²) in [6.07, 6.45) is 1.92. The zero-order chi connectivity index (χ0) is 11.0. The fraction of sp³-hybridized carbons (Fsp3) is 0.636. The van der Waals surface area contributed by atoms with Gasteiger partial charge in [0, 0.05) is 0 Å². The molecule has 2 unspecified atom stereocenters. The second-order valence-electron chi connectivity index (χ2n) is 4.73. The van der Waals surface area contributed by atoms with E-state index in [0.717, 1.165) is 0 Å². The Bertz CT molecular complexity index is 225. The highest BCUT2D eigenvalue weighted by Gasteiger charge is 2.46. The van der Waals surface area contributed by atoms with Crippen molar-refractivity contribution in [1.82, 2.24) is 0 Å². The molecule has 0 aromatic heterocycles. The molecule has 1 aliphatic carbocycles. The van der Waals surface area contributed by atoms with Crippen molar-refractivity contribution in [1.29, 1.82) is 0 Å². The van der Waals surface area contributed by atoms with Crippen molar-refractivity contribution >= 4 is 0 Å². The van der Waals surface area contributed by atoms with E-state index in [-0.39, 0.29) is 5.41 Å². The highest BCUT2D eigenvalue weighted by molar-refractivity contribution is 5.17. The molecule has 80 valence electrons. The summed E-state index contributed by atoms with van der Waals surface area (Å²) < 4.78 is 37.9. The number of alkyl halides is 3. The van der Waals surface area contributed by atoms with Gasteiger partial charge < -0.3 is 0 Å². The van der Waals surface area contributed by atoms with E-state index in [4.69, 9.17) is 0 Å². The average molecular weight is 204 g/mol. The topological polar surface area (TPSA) is 0 Å². The van der Waals surface area contributed by atoms with E-state index in [1.165, 1.54) is 12.2 Å². The van der Waals surface area contributed by atoms with Crippen LogP contribution in [0.4, 0.5) is 13.2 Å². The summed E-state index contributed by atoms with van der Waals surface area (Å²) >= 11 is 0. The lowest BCUT2D eigenvalue weighted by atomic mass is 9.71. The van der Waals surface area contributed by atoms with Gasteiger partial charge in [-0.2, -0.15) is 13.2 Å². The van der Waals surface area contributed by atoms with E-state index in [2.05, 4.69) is 0 Å². The van der Waals surface area contributed by atoms with Crippen LogP contribution in [0.3, 0.4) is 0 Å². The Morgan fingerprint density at radius 2 is 1.29 bits per heavy atom. The maximum Gasteiger partial charge on any atom is 0.395 e. The normalized spacial score (nSPS) is 28.1. The number of halogens is 3. The van der Waals surface area contributed by atoms with Gasteiger partial charge in [-0.1, -0.05) is 45.1 Å². The molecule has 1 aliphatic rings. The van der Waals surface area contributed by atoms with Crippen molar-refractivity contribution in [3.63, 3.8) is 0 Å². The summed E-state index contributed by atoms with van der Waals surface area (Å²) in [6.45, 7) is 5.50. The first-order valence-corrected chi connectivity index (χ1v) is 4.64. The van der Waals surface area contributed by atoms with Gasteiger partial charge >= 0.3 is 6.18 Å². The smallest absolute Gasteiger partial charge is 0.170 e. The van der Waals surface area contributed by atoms with Crippen molar-refractivity contribution in [3.8, 4) is 0 Å². The van der Waals surface area contributed by atoms with Gasteiger partial charge in [0.25, 0.3) is 0 Å². The number of allylic oxidation sites excluding steroid dienone is 4. The second-order valence-corrected chi connectivity index (χ2v) is 4.73. The van der Waals surface area contributed by atoms with Crippen LogP contribution in [0.2, 0.25) is 0 Å². The van der Waals surface area contributed by atoms with Crippen LogP contribution in [0, 0.1) is 17.3 Å². The monoisotopic (exact) mass is 204 g/mol. The minimum absolute atomic E-state index is 0.360. The molecule has 0 saturated heterocycles. The fourth-order valence-corrected chi connectivity index (χ4v) is 1.75. The molecule has 0 saturated carbocycles. The third-order valence-corrected chi connectivity index (χ3v) is 2.51. The minimum atomic E-state index is -4.14. The van der Waals surface area contributed by atoms with Crippen LogP contribution in [0.25, 0.3) is 0 Å². The van der Waals surface area contributed by atoms with E-state index in [0.29, 0.717) is 0 Å². The first-order chi connectivity index (χ1) is 6.23. The highest BCUT2D eigenvalue weighted by atomic mass is 19.4. The van der Waals surface area contributed by atoms with Gasteiger partial charge in [-0.25, -0.2) is 0 Å². The van der Waals surface area contributed by atoms with Gasteiger partial charge in [0.15, 0.2) is 0 Å². The summed E-state index contributed by atoms with van der Waals surface area (Å²) in [5, 5.41) is 0. The molecule has 3 heteroatoms. The van der Waals surface area contributed by atoms with Gasteiger partial charge in [0.2, 0.25) is 0 Å². The van der Waals surface area contributed by atoms with E-state index in [1.807, 2.05) is 20.8 Å². The zero-order valence-corrected chi connectivity index (χ0v) is 8.60. The van der Waals surface area contributed by atoms with Crippen LogP contribution in [-0.4, -0.2) is 6.18 Å². The lowest BCUT2D eigenvalue weighted by Crippen LogP contribution is -2.36. The van der Waals surface area contributed by atoms with Crippen LogP contribution < -0.4 is 0 Å².